The summed E-state index contributed by atoms with van der Waals surface area (Å²) in [4.78, 5) is 29.7. The Morgan fingerprint density at radius 1 is 1.26 bits per heavy atom. The summed E-state index contributed by atoms with van der Waals surface area (Å²) in [6.45, 7) is 0. The lowest BCUT2D eigenvalue weighted by atomic mass is 10.2. The Hall–Kier alpha value is -2.83. The van der Waals surface area contributed by atoms with Crippen LogP contribution in [0.25, 0.3) is 0 Å². The van der Waals surface area contributed by atoms with Crippen molar-refractivity contribution in [1.29, 1.82) is 0 Å². The summed E-state index contributed by atoms with van der Waals surface area (Å²) in [6, 6.07) is 3.74. The van der Waals surface area contributed by atoms with E-state index >= 15 is 0 Å². The molecule has 2 rings (SSSR count). The average Bonchev–Trinajstić information content (AvgIpc) is 2.41. The largest absolute Gasteiger partial charge is 0.477 e. The molecule has 0 aliphatic carbocycles. The Kier molecular flexibility index (Phi) is 3.46. The molecule has 0 aromatic carbocycles. The van der Waals surface area contributed by atoms with Gasteiger partial charge in [-0.2, -0.15) is 0 Å². The molecule has 1 amide bonds. The average molecular weight is 261 g/mol. The van der Waals surface area contributed by atoms with E-state index in [2.05, 4.69) is 15.3 Å². The molecule has 96 valence electrons. The zero-order valence-electron chi connectivity index (χ0n) is 9.50. The number of carbonyl (C=O) groups is 2. The molecule has 0 atom stereocenters. The van der Waals surface area contributed by atoms with E-state index in [1.807, 2.05) is 0 Å². The fraction of sp³-hybridized carbons (Fsp3) is 0. The van der Waals surface area contributed by atoms with Crippen LogP contribution in [-0.2, 0) is 0 Å². The first-order chi connectivity index (χ1) is 9.08. The van der Waals surface area contributed by atoms with Crippen molar-refractivity contribution in [2.75, 3.05) is 5.32 Å². The number of hydrogen-bond donors (Lipinski definition) is 2. The maximum atomic E-state index is 13.3. The van der Waals surface area contributed by atoms with E-state index in [-0.39, 0.29) is 16.9 Å². The number of nitrogens with one attached hydrogen (secondary N) is 1. The van der Waals surface area contributed by atoms with Gasteiger partial charge in [0.15, 0.2) is 5.82 Å². The molecule has 0 radical (unpaired) electrons. The van der Waals surface area contributed by atoms with Gasteiger partial charge in [0.1, 0.15) is 5.69 Å². The fourth-order valence-electron chi connectivity index (χ4n) is 1.36. The van der Waals surface area contributed by atoms with Crippen LogP contribution in [0.4, 0.5) is 10.1 Å². The van der Waals surface area contributed by atoms with Gasteiger partial charge in [-0.1, -0.05) is 0 Å². The second-order valence-electron chi connectivity index (χ2n) is 3.54. The Bertz CT molecular complexity index is 646. The summed E-state index contributed by atoms with van der Waals surface area (Å²) in [5.41, 5.74) is -0.222. The Labute approximate surface area is 106 Å². The number of rotatable bonds is 3. The number of amides is 1. The lowest BCUT2D eigenvalue weighted by molar-refractivity contribution is 0.0690. The number of pyridine rings is 2. The van der Waals surface area contributed by atoms with Crippen LogP contribution in [0.5, 0.6) is 0 Å². The minimum atomic E-state index is -1.25. The van der Waals surface area contributed by atoms with Gasteiger partial charge >= 0.3 is 5.97 Å². The van der Waals surface area contributed by atoms with Crippen LogP contribution in [0.2, 0.25) is 0 Å². The maximum absolute atomic E-state index is 13.3. The fourth-order valence-corrected chi connectivity index (χ4v) is 1.36. The molecule has 19 heavy (non-hydrogen) atoms. The molecule has 0 aliphatic heterocycles. The predicted molar refractivity (Wildman–Crippen MR) is 63.3 cm³/mol. The van der Waals surface area contributed by atoms with Crippen LogP contribution >= 0.6 is 0 Å². The smallest absolute Gasteiger partial charge is 0.354 e. The van der Waals surface area contributed by atoms with Gasteiger partial charge in [0, 0.05) is 18.0 Å². The molecule has 2 N–H and O–H groups in total. The van der Waals surface area contributed by atoms with Gasteiger partial charge < -0.3 is 10.4 Å². The first kappa shape index (κ1) is 12.6. The summed E-state index contributed by atoms with van der Waals surface area (Å²) >= 11 is 0. The van der Waals surface area contributed by atoms with E-state index in [0.29, 0.717) is 0 Å². The molecular weight excluding hydrogens is 253 g/mol. The number of carboxylic acid groups (broad SMARTS) is 1. The van der Waals surface area contributed by atoms with Gasteiger partial charge in [0.25, 0.3) is 5.91 Å². The standard InChI is InChI=1S/C12H8FN3O3/c13-8-6-14-3-2-9(8)16-11(17)7-1-4-15-10(5-7)12(18)19/h1-6H,(H,18,19)(H,14,16,17). The highest BCUT2D eigenvalue weighted by molar-refractivity contribution is 6.05. The molecule has 2 aromatic heterocycles. The molecule has 7 heteroatoms. The Balaban J connectivity index is 2.23. The van der Waals surface area contributed by atoms with E-state index in [9.17, 15) is 14.0 Å². The van der Waals surface area contributed by atoms with Crippen molar-refractivity contribution in [3.63, 3.8) is 0 Å². The summed E-state index contributed by atoms with van der Waals surface area (Å²) in [5.74, 6) is -2.55. The van der Waals surface area contributed by atoms with Crippen LogP contribution in [0.1, 0.15) is 20.8 Å². The lowest BCUT2D eigenvalue weighted by Crippen LogP contribution is -2.14. The monoisotopic (exact) mass is 261 g/mol. The zero-order chi connectivity index (χ0) is 13.8. The molecular formula is C12H8FN3O3. The number of aromatic nitrogens is 2. The van der Waals surface area contributed by atoms with Gasteiger partial charge in [-0.05, 0) is 18.2 Å². The van der Waals surface area contributed by atoms with Crippen LogP contribution in [0.15, 0.2) is 36.8 Å². The van der Waals surface area contributed by atoms with Gasteiger partial charge in [-0.25, -0.2) is 14.2 Å². The minimum Gasteiger partial charge on any atom is -0.477 e. The molecule has 0 bridgehead atoms. The number of carboxylic acids is 1. The number of carbonyl (C=O) groups excluding carboxylic acids is 1. The third kappa shape index (κ3) is 2.89. The van der Waals surface area contributed by atoms with Crippen molar-refractivity contribution >= 4 is 17.6 Å². The quantitative estimate of drug-likeness (QED) is 0.874. The highest BCUT2D eigenvalue weighted by atomic mass is 19.1. The van der Waals surface area contributed by atoms with Crippen molar-refractivity contribution in [1.82, 2.24) is 9.97 Å². The Morgan fingerprint density at radius 3 is 2.74 bits per heavy atom. The molecule has 0 fully saturated rings. The first-order valence-corrected chi connectivity index (χ1v) is 5.18. The van der Waals surface area contributed by atoms with Crippen molar-refractivity contribution in [2.24, 2.45) is 0 Å². The topological polar surface area (TPSA) is 92.2 Å². The predicted octanol–water partition coefficient (Wildman–Crippen LogP) is 1.57. The van der Waals surface area contributed by atoms with Crippen molar-refractivity contribution in [3.05, 3.63) is 53.9 Å². The minimum absolute atomic E-state index is 0.0336. The highest BCUT2D eigenvalue weighted by Gasteiger charge is 2.12. The maximum Gasteiger partial charge on any atom is 0.354 e. The summed E-state index contributed by atoms with van der Waals surface area (Å²) in [6.07, 6.45) is 3.49. The summed E-state index contributed by atoms with van der Waals surface area (Å²) in [7, 11) is 0. The lowest BCUT2D eigenvalue weighted by Gasteiger charge is -2.06. The third-order valence-corrected chi connectivity index (χ3v) is 2.26. The summed E-state index contributed by atoms with van der Waals surface area (Å²) in [5, 5.41) is 11.1. The van der Waals surface area contributed by atoms with Gasteiger partial charge in [0.2, 0.25) is 0 Å². The van der Waals surface area contributed by atoms with Crippen LogP contribution < -0.4 is 5.32 Å². The summed E-state index contributed by atoms with van der Waals surface area (Å²) < 4.78 is 13.3. The van der Waals surface area contributed by atoms with E-state index in [4.69, 9.17) is 5.11 Å². The number of aromatic carboxylic acids is 1. The van der Waals surface area contributed by atoms with Crippen molar-refractivity contribution in [3.8, 4) is 0 Å². The van der Waals surface area contributed by atoms with Crippen molar-refractivity contribution < 1.29 is 19.1 Å². The zero-order valence-corrected chi connectivity index (χ0v) is 9.50. The van der Waals surface area contributed by atoms with Crippen LogP contribution in [-0.4, -0.2) is 27.0 Å². The molecule has 0 saturated heterocycles. The number of nitrogens with zero attached hydrogens (tertiary/aromatic N) is 2. The SMILES string of the molecule is O=C(Nc1ccncc1F)c1ccnc(C(=O)O)c1. The highest BCUT2D eigenvalue weighted by Crippen LogP contribution is 2.13. The molecule has 6 nitrogen and oxygen atoms in total. The second kappa shape index (κ2) is 5.21. The van der Waals surface area contributed by atoms with Gasteiger partial charge in [-0.3, -0.25) is 9.78 Å². The molecule has 0 aliphatic rings. The molecule has 2 aromatic rings. The number of hydrogen-bond acceptors (Lipinski definition) is 4. The van der Waals surface area contributed by atoms with E-state index < -0.39 is 17.7 Å². The normalized spacial score (nSPS) is 9.95. The second-order valence-corrected chi connectivity index (χ2v) is 3.54. The van der Waals surface area contributed by atoms with Gasteiger partial charge in [0.05, 0.1) is 11.9 Å². The van der Waals surface area contributed by atoms with Crippen LogP contribution in [0.3, 0.4) is 0 Å². The van der Waals surface area contributed by atoms with Gasteiger partial charge in [-0.15, -0.1) is 0 Å². The first-order valence-electron chi connectivity index (χ1n) is 5.18. The van der Waals surface area contributed by atoms with E-state index in [0.717, 1.165) is 12.3 Å². The van der Waals surface area contributed by atoms with E-state index in [1.54, 1.807) is 0 Å². The molecule has 0 saturated carbocycles. The number of anilines is 1. The molecule has 2 heterocycles. The number of halogens is 1. The molecule has 0 unspecified atom stereocenters. The molecule has 0 spiro atoms. The van der Waals surface area contributed by atoms with Crippen LogP contribution in [0, 0.1) is 5.82 Å². The Morgan fingerprint density at radius 2 is 2.05 bits per heavy atom. The van der Waals surface area contributed by atoms with E-state index in [1.165, 1.54) is 24.5 Å². The van der Waals surface area contributed by atoms with Crippen molar-refractivity contribution in [2.45, 2.75) is 0 Å². The third-order valence-electron chi connectivity index (χ3n) is 2.26.